The van der Waals surface area contributed by atoms with Crippen LogP contribution in [0.25, 0.3) is 0 Å². The average Bonchev–Trinajstić information content (AvgIpc) is 2.67. The van der Waals surface area contributed by atoms with Crippen molar-refractivity contribution in [1.29, 1.82) is 0 Å². The van der Waals surface area contributed by atoms with Crippen LogP contribution in [0.2, 0.25) is 0 Å². The first kappa shape index (κ1) is 14.3. The van der Waals surface area contributed by atoms with Gasteiger partial charge in [0.2, 0.25) is 0 Å². The lowest BCUT2D eigenvalue weighted by atomic mass is 9.98. The molecular weight excluding hydrogens is 226 g/mol. The van der Waals surface area contributed by atoms with E-state index in [-0.39, 0.29) is 0 Å². The topological polar surface area (TPSA) is 30.0 Å². The number of hydrogen-bond acceptors (Lipinski definition) is 4. The van der Waals surface area contributed by atoms with Gasteiger partial charge in [-0.3, -0.25) is 9.80 Å². The molecule has 0 aromatic heterocycles. The Bertz CT molecular complexity index is 260. The lowest BCUT2D eigenvalue weighted by Crippen LogP contribution is -2.55. The number of hydrogen-bond donors (Lipinski definition) is 1. The van der Waals surface area contributed by atoms with Crippen LogP contribution in [0, 0.1) is 0 Å². The summed E-state index contributed by atoms with van der Waals surface area (Å²) in [5.41, 5.74) is -0.453. The quantitative estimate of drug-likeness (QED) is 0.791. The van der Waals surface area contributed by atoms with Crippen LogP contribution in [0.15, 0.2) is 0 Å². The van der Waals surface area contributed by atoms with E-state index in [1.807, 2.05) is 6.92 Å². The molecule has 1 aliphatic carbocycles. The summed E-state index contributed by atoms with van der Waals surface area (Å²) in [6.45, 7) is 8.87. The SMILES string of the molecule is CN(C)CCN1CCN(C2CCCC2(C)O)CC1. The summed E-state index contributed by atoms with van der Waals surface area (Å²) in [6.07, 6.45) is 3.32. The van der Waals surface area contributed by atoms with E-state index in [0.29, 0.717) is 6.04 Å². The van der Waals surface area contributed by atoms with Gasteiger partial charge in [0.05, 0.1) is 5.60 Å². The van der Waals surface area contributed by atoms with Crippen molar-refractivity contribution in [3.8, 4) is 0 Å². The zero-order chi connectivity index (χ0) is 13.2. The van der Waals surface area contributed by atoms with Crippen molar-refractivity contribution in [2.75, 3.05) is 53.4 Å². The fourth-order valence-electron chi connectivity index (χ4n) is 3.35. The Hall–Kier alpha value is -0.160. The molecule has 2 atom stereocenters. The summed E-state index contributed by atoms with van der Waals surface area (Å²) in [6, 6.07) is 0.397. The van der Waals surface area contributed by atoms with Crippen LogP contribution in [0.3, 0.4) is 0 Å². The molecule has 2 aliphatic rings. The molecule has 0 aromatic rings. The Morgan fingerprint density at radius 2 is 1.89 bits per heavy atom. The Balaban J connectivity index is 1.76. The zero-order valence-corrected chi connectivity index (χ0v) is 12.2. The predicted molar refractivity (Wildman–Crippen MR) is 74.8 cm³/mol. The maximum Gasteiger partial charge on any atom is 0.0774 e. The van der Waals surface area contributed by atoms with Crippen molar-refractivity contribution in [3.63, 3.8) is 0 Å². The van der Waals surface area contributed by atoms with E-state index in [4.69, 9.17) is 0 Å². The van der Waals surface area contributed by atoms with Crippen molar-refractivity contribution in [1.82, 2.24) is 14.7 Å². The molecule has 1 N–H and O–H groups in total. The second-order valence-electron chi connectivity index (χ2n) is 6.45. The number of piperazine rings is 1. The molecule has 4 nitrogen and oxygen atoms in total. The van der Waals surface area contributed by atoms with Gasteiger partial charge >= 0.3 is 0 Å². The maximum atomic E-state index is 10.4. The predicted octanol–water partition coefficient (Wildman–Crippen LogP) is 0.469. The Morgan fingerprint density at radius 1 is 1.22 bits per heavy atom. The fraction of sp³-hybridized carbons (Fsp3) is 1.00. The summed E-state index contributed by atoms with van der Waals surface area (Å²) in [5.74, 6) is 0. The van der Waals surface area contributed by atoms with Crippen LogP contribution in [-0.2, 0) is 0 Å². The van der Waals surface area contributed by atoms with Crippen molar-refractivity contribution >= 4 is 0 Å². The van der Waals surface area contributed by atoms with Crippen molar-refractivity contribution in [2.45, 2.75) is 37.8 Å². The lowest BCUT2D eigenvalue weighted by Gasteiger charge is -2.42. The van der Waals surface area contributed by atoms with Crippen LogP contribution < -0.4 is 0 Å². The molecular formula is C14H29N3O. The number of nitrogens with zero attached hydrogens (tertiary/aromatic N) is 3. The smallest absolute Gasteiger partial charge is 0.0774 e. The Morgan fingerprint density at radius 3 is 2.39 bits per heavy atom. The molecule has 2 rings (SSSR count). The molecule has 1 saturated carbocycles. The molecule has 1 saturated heterocycles. The van der Waals surface area contributed by atoms with E-state index in [1.54, 1.807) is 0 Å². The Kier molecular flexibility index (Phi) is 4.64. The van der Waals surface area contributed by atoms with Gasteiger partial charge < -0.3 is 10.0 Å². The fourth-order valence-corrected chi connectivity index (χ4v) is 3.35. The van der Waals surface area contributed by atoms with Crippen LogP contribution in [-0.4, -0.2) is 84.8 Å². The molecule has 0 bridgehead atoms. The van der Waals surface area contributed by atoms with E-state index < -0.39 is 5.60 Å². The van der Waals surface area contributed by atoms with Gasteiger partial charge in [-0.15, -0.1) is 0 Å². The largest absolute Gasteiger partial charge is 0.389 e. The van der Waals surface area contributed by atoms with Crippen LogP contribution >= 0.6 is 0 Å². The molecule has 106 valence electrons. The van der Waals surface area contributed by atoms with E-state index in [2.05, 4.69) is 28.8 Å². The highest BCUT2D eigenvalue weighted by atomic mass is 16.3. The molecule has 18 heavy (non-hydrogen) atoms. The van der Waals surface area contributed by atoms with Gasteiger partial charge in [-0.05, 0) is 40.3 Å². The molecule has 0 spiro atoms. The summed E-state index contributed by atoms with van der Waals surface area (Å²) in [5, 5.41) is 10.4. The number of aliphatic hydroxyl groups is 1. The maximum absolute atomic E-state index is 10.4. The first-order valence-corrected chi connectivity index (χ1v) is 7.32. The highest BCUT2D eigenvalue weighted by Gasteiger charge is 2.41. The molecule has 0 amide bonds. The van der Waals surface area contributed by atoms with E-state index in [9.17, 15) is 5.11 Å². The molecule has 2 unspecified atom stereocenters. The minimum atomic E-state index is -0.453. The van der Waals surface area contributed by atoms with Crippen molar-refractivity contribution in [3.05, 3.63) is 0 Å². The molecule has 0 radical (unpaired) electrons. The van der Waals surface area contributed by atoms with Gasteiger partial charge in [-0.25, -0.2) is 0 Å². The van der Waals surface area contributed by atoms with Crippen molar-refractivity contribution in [2.24, 2.45) is 0 Å². The summed E-state index contributed by atoms with van der Waals surface area (Å²) in [7, 11) is 4.26. The van der Waals surface area contributed by atoms with Crippen LogP contribution in [0.1, 0.15) is 26.2 Å². The number of rotatable bonds is 4. The summed E-state index contributed by atoms with van der Waals surface area (Å²) < 4.78 is 0. The third-order valence-corrected chi connectivity index (χ3v) is 4.59. The van der Waals surface area contributed by atoms with Gasteiger partial charge in [-0.2, -0.15) is 0 Å². The average molecular weight is 255 g/mol. The molecule has 0 aromatic carbocycles. The second-order valence-corrected chi connectivity index (χ2v) is 6.45. The summed E-state index contributed by atoms with van der Waals surface area (Å²) >= 11 is 0. The monoisotopic (exact) mass is 255 g/mol. The van der Waals surface area contributed by atoms with Gasteiger partial charge in [0, 0.05) is 45.3 Å². The highest BCUT2D eigenvalue weighted by Crippen LogP contribution is 2.33. The van der Waals surface area contributed by atoms with Gasteiger partial charge in [0.25, 0.3) is 0 Å². The third-order valence-electron chi connectivity index (χ3n) is 4.59. The van der Waals surface area contributed by atoms with Gasteiger partial charge in [0.15, 0.2) is 0 Å². The van der Waals surface area contributed by atoms with Crippen LogP contribution in [0.5, 0.6) is 0 Å². The van der Waals surface area contributed by atoms with Gasteiger partial charge in [0.1, 0.15) is 0 Å². The summed E-state index contributed by atoms with van der Waals surface area (Å²) in [4.78, 5) is 7.30. The first-order chi connectivity index (χ1) is 8.49. The lowest BCUT2D eigenvalue weighted by molar-refractivity contribution is -0.0292. The third kappa shape index (κ3) is 3.44. The standard InChI is InChI=1S/C14H29N3O/c1-14(18)6-4-5-13(14)17-11-9-16(10-12-17)8-7-15(2)3/h13,18H,4-12H2,1-3H3. The Labute approximate surface area is 112 Å². The van der Waals surface area contributed by atoms with E-state index in [0.717, 1.165) is 39.1 Å². The normalized spacial score (nSPS) is 35.5. The molecule has 2 fully saturated rings. The first-order valence-electron chi connectivity index (χ1n) is 7.32. The minimum absolute atomic E-state index is 0.397. The van der Waals surface area contributed by atoms with Gasteiger partial charge in [-0.1, -0.05) is 0 Å². The zero-order valence-electron chi connectivity index (χ0n) is 12.2. The van der Waals surface area contributed by atoms with E-state index >= 15 is 0 Å². The van der Waals surface area contributed by atoms with Crippen molar-refractivity contribution < 1.29 is 5.11 Å². The highest BCUT2D eigenvalue weighted by molar-refractivity contribution is 4.96. The van der Waals surface area contributed by atoms with Crippen LogP contribution in [0.4, 0.5) is 0 Å². The molecule has 4 heteroatoms. The molecule has 1 heterocycles. The number of likely N-dealkylation sites (N-methyl/N-ethyl adjacent to an activating group) is 1. The molecule has 1 aliphatic heterocycles. The van der Waals surface area contributed by atoms with E-state index in [1.165, 1.54) is 19.4 Å². The minimum Gasteiger partial charge on any atom is -0.389 e. The second kappa shape index (κ2) is 5.87.